The Labute approximate surface area is 263 Å². The second-order valence-electron chi connectivity index (χ2n) is 10.7. The predicted octanol–water partition coefficient (Wildman–Crippen LogP) is 3.88. The molecule has 15 heteroatoms. The third kappa shape index (κ3) is 6.52. The lowest BCUT2D eigenvalue weighted by atomic mass is 9.94. The van der Waals surface area contributed by atoms with Crippen LogP contribution in [0.5, 0.6) is 5.75 Å². The number of piperidine rings is 1. The van der Waals surface area contributed by atoms with E-state index >= 15 is 0 Å². The number of ether oxygens (including phenoxy) is 1. The number of carbonyl (C=O) groups excluding carboxylic acids is 3. The molecule has 1 N–H and O–H groups in total. The number of benzene rings is 2. The molecule has 0 unspecified atom stereocenters. The monoisotopic (exact) mass is 650 g/mol. The fraction of sp³-hybridized carbons (Fsp3) is 0.258. The highest BCUT2D eigenvalue weighted by molar-refractivity contribution is 7.97. The minimum atomic E-state index is -3.45. The Morgan fingerprint density at radius 3 is 2.43 bits per heavy atom. The van der Waals surface area contributed by atoms with Gasteiger partial charge in [0.25, 0.3) is 11.8 Å². The molecule has 238 valence electrons. The van der Waals surface area contributed by atoms with Crippen molar-refractivity contribution in [3.8, 4) is 23.1 Å². The maximum atomic E-state index is 14.8. The average Bonchev–Trinajstić information content (AvgIpc) is 3.42. The maximum absolute atomic E-state index is 14.8. The highest BCUT2D eigenvalue weighted by Crippen LogP contribution is 2.30. The van der Waals surface area contributed by atoms with Crippen LogP contribution in [0.15, 0.2) is 59.7 Å². The summed E-state index contributed by atoms with van der Waals surface area (Å²) in [5, 5.41) is 13.2. The number of imidazole rings is 1. The van der Waals surface area contributed by atoms with Crippen LogP contribution < -0.4 is 10.1 Å². The van der Waals surface area contributed by atoms with E-state index in [4.69, 9.17) is 10.00 Å². The number of nitrogens with one attached hydrogen (secondary N) is 1. The highest BCUT2D eigenvalue weighted by atomic mass is 32.2. The second-order valence-corrected chi connectivity index (χ2v) is 12.4. The van der Waals surface area contributed by atoms with Crippen molar-refractivity contribution in [3.63, 3.8) is 0 Å². The van der Waals surface area contributed by atoms with Gasteiger partial charge in [0.1, 0.15) is 6.07 Å². The number of rotatable bonds is 7. The van der Waals surface area contributed by atoms with Gasteiger partial charge in [-0.3, -0.25) is 19.3 Å². The van der Waals surface area contributed by atoms with E-state index in [1.165, 1.54) is 47.2 Å². The summed E-state index contributed by atoms with van der Waals surface area (Å²) in [5.41, 5.74) is 1.39. The Balaban J connectivity index is 1.21. The summed E-state index contributed by atoms with van der Waals surface area (Å²) < 4.78 is 58.5. The fourth-order valence-corrected chi connectivity index (χ4v) is 5.94. The zero-order valence-corrected chi connectivity index (χ0v) is 25.6. The standard InChI is InChI=1S/C31H28F2N6O6S/c1-19-17-21(36-29(40)28-35-18-24(37(28)2)23-5-6-25(45-14-9-34)27(33)26(23)32)3-4-22(19)31(42)38-10-7-20(8-11-38)30(41)39-12-15-46(43,44)16-13-39/h3-6,12-13,15-18,20H,7-8,10-11,14H2,1-2H3,(H,36,40). The van der Waals surface area contributed by atoms with E-state index < -0.39 is 39.7 Å². The summed E-state index contributed by atoms with van der Waals surface area (Å²) in [6, 6.07) is 8.92. The number of halogens is 2. The van der Waals surface area contributed by atoms with Gasteiger partial charge in [-0.05, 0) is 55.7 Å². The first-order valence-electron chi connectivity index (χ1n) is 14.0. The van der Waals surface area contributed by atoms with Gasteiger partial charge in [0.2, 0.25) is 11.7 Å². The first-order valence-corrected chi connectivity index (χ1v) is 15.7. The highest BCUT2D eigenvalue weighted by Gasteiger charge is 2.31. The molecule has 5 rings (SSSR count). The summed E-state index contributed by atoms with van der Waals surface area (Å²) >= 11 is 0. The zero-order chi connectivity index (χ0) is 33.2. The summed E-state index contributed by atoms with van der Waals surface area (Å²) in [4.78, 5) is 46.1. The van der Waals surface area contributed by atoms with Crippen LogP contribution in [0.25, 0.3) is 11.3 Å². The quantitative estimate of drug-likeness (QED) is 0.404. The lowest BCUT2D eigenvalue weighted by Gasteiger charge is -2.33. The van der Waals surface area contributed by atoms with Crippen LogP contribution >= 0.6 is 0 Å². The van der Waals surface area contributed by atoms with Crippen LogP contribution in [-0.2, 0) is 21.7 Å². The first kappa shape index (κ1) is 32.0. The molecule has 3 heterocycles. The van der Waals surface area contributed by atoms with Gasteiger partial charge in [-0.25, -0.2) is 17.8 Å². The number of sulfone groups is 1. The smallest absolute Gasteiger partial charge is 0.291 e. The molecule has 0 spiro atoms. The largest absolute Gasteiger partial charge is 0.476 e. The van der Waals surface area contributed by atoms with E-state index in [1.807, 2.05) is 0 Å². The molecular weight excluding hydrogens is 622 g/mol. The number of carbonyl (C=O) groups is 3. The van der Waals surface area contributed by atoms with Gasteiger partial charge in [0.05, 0.1) is 22.7 Å². The molecule has 1 fully saturated rings. The molecule has 12 nitrogen and oxygen atoms in total. The summed E-state index contributed by atoms with van der Waals surface area (Å²) in [7, 11) is -1.97. The second kappa shape index (κ2) is 12.9. The maximum Gasteiger partial charge on any atom is 0.291 e. The van der Waals surface area contributed by atoms with Gasteiger partial charge in [-0.2, -0.15) is 9.65 Å². The molecule has 0 bridgehead atoms. The third-order valence-corrected chi connectivity index (χ3v) is 8.73. The molecule has 3 aromatic rings. The molecule has 2 aliphatic heterocycles. The summed E-state index contributed by atoms with van der Waals surface area (Å²) in [5.74, 6) is -4.41. The number of hydrogen-bond donors (Lipinski definition) is 1. The van der Waals surface area contributed by atoms with Crippen LogP contribution in [0.4, 0.5) is 14.5 Å². The molecular formula is C31H28F2N6O6S. The van der Waals surface area contributed by atoms with Gasteiger partial charge in [0.15, 0.2) is 33.8 Å². The molecule has 3 amide bonds. The molecule has 0 radical (unpaired) electrons. The number of nitrogens with zero attached hydrogens (tertiary/aromatic N) is 5. The van der Waals surface area contributed by atoms with Crippen LogP contribution in [-0.4, -0.2) is 65.2 Å². The van der Waals surface area contributed by atoms with Crippen molar-refractivity contribution in [1.29, 1.82) is 5.26 Å². The SMILES string of the molecule is Cc1cc(NC(=O)c2ncc(-c3ccc(OCC#N)c(F)c3F)n2C)ccc1C(=O)N1CCC(C(=O)N2C=CS(=O)(=O)C=C2)CC1. The predicted molar refractivity (Wildman–Crippen MR) is 161 cm³/mol. The Kier molecular flexibility index (Phi) is 9.01. The average molecular weight is 651 g/mol. The van der Waals surface area contributed by atoms with Gasteiger partial charge >= 0.3 is 0 Å². The molecule has 0 atom stereocenters. The van der Waals surface area contributed by atoms with Crippen molar-refractivity contribution in [3.05, 3.63) is 88.3 Å². The first-order chi connectivity index (χ1) is 21.9. The zero-order valence-electron chi connectivity index (χ0n) is 24.7. The lowest BCUT2D eigenvalue weighted by molar-refractivity contribution is -0.132. The molecule has 0 saturated carbocycles. The molecule has 46 heavy (non-hydrogen) atoms. The Bertz CT molecular complexity index is 1920. The minimum absolute atomic E-state index is 0.0769. The Morgan fingerprint density at radius 1 is 1.09 bits per heavy atom. The van der Waals surface area contributed by atoms with E-state index in [9.17, 15) is 31.6 Å². The van der Waals surface area contributed by atoms with Crippen molar-refractivity contribution >= 4 is 33.2 Å². The fourth-order valence-electron chi connectivity index (χ4n) is 5.24. The van der Waals surface area contributed by atoms with E-state index in [1.54, 1.807) is 36.1 Å². The van der Waals surface area contributed by atoms with Crippen molar-refractivity contribution in [2.45, 2.75) is 19.8 Å². The van der Waals surface area contributed by atoms with Crippen LogP contribution in [0, 0.1) is 35.8 Å². The van der Waals surface area contributed by atoms with Crippen molar-refractivity contribution < 1.29 is 36.3 Å². The van der Waals surface area contributed by atoms with Gasteiger partial charge in [0, 0.05) is 55.3 Å². The normalized spacial score (nSPS) is 15.8. The van der Waals surface area contributed by atoms with Crippen LogP contribution in [0.1, 0.15) is 39.4 Å². The van der Waals surface area contributed by atoms with E-state index in [0.717, 1.165) is 10.8 Å². The van der Waals surface area contributed by atoms with E-state index in [2.05, 4.69) is 10.3 Å². The number of likely N-dealkylation sites (tertiary alicyclic amines) is 1. The summed E-state index contributed by atoms with van der Waals surface area (Å²) in [6.07, 6.45) is 4.52. The van der Waals surface area contributed by atoms with Crippen molar-refractivity contribution in [1.82, 2.24) is 19.4 Å². The molecule has 1 saturated heterocycles. The minimum Gasteiger partial charge on any atom is -0.476 e. The van der Waals surface area contributed by atoms with Gasteiger partial charge < -0.3 is 19.5 Å². The van der Waals surface area contributed by atoms with Gasteiger partial charge in [-0.15, -0.1) is 0 Å². The number of anilines is 1. The topological polar surface area (TPSA) is 155 Å². The van der Waals surface area contributed by atoms with Crippen LogP contribution in [0.2, 0.25) is 0 Å². The third-order valence-electron chi connectivity index (χ3n) is 7.73. The molecule has 2 aromatic carbocycles. The van der Waals surface area contributed by atoms with E-state index in [-0.39, 0.29) is 34.8 Å². The molecule has 2 aliphatic rings. The van der Waals surface area contributed by atoms with Crippen LogP contribution in [0.3, 0.4) is 0 Å². The number of hydrogen-bond acceptors (Lipinski definition) is 8. The number of aromatic nitrogens is 2. The van der Waals surface area contributed by atoms with Crippen molar-refractivity contribution in [2.24, 2.45) is 13.0 Å². The number of aryl methyl sites for hydroxylation is 1. The van der Waals surface area contributed by atoms with Crippen molar-refractivity contribution in [2.75, 3.05) is 25.0 Å². The Morgan fingerprint density at radius 2 is 1.78 bits per heavy atom. The number of amides is 3. The molecule has 0 aliphatic carbocycles. The lowest BCUT2D eigenvalue weighted by Crippen LogP contribution is -2.42. The Hall–Kier alpha value is -5.36. The number of nitriles is 1. The molecule has 1 aromatic heterocycles. The van der Waals surface area contributed by atoms with E-state index in [0.29, 0.717) is 42.7 Å². The van der Waals surface area contributed by atoms with Gasteiger partial charge in [-0.1, -0.05) is 0 Å². The summed E-state index contributed by atoms with van der Waals surface area (Å²) in [6.45, 7) is 1.96.